The minimum atomic E-state index is -0.373. The van der Waals surface area contributed by atoms with Crippen molar-refractivity contribution < 1.29 is 19.0 Å². The van der Waals surface area contributed by atoms with Crippen molar-refractivity contribution in [2.24, 2.45) is 5.10 Å². The summed E-state index contributed by atoms with van der Waals surface area (Å²) < 4.78 is 17.4. The van der Waals surface area contributed by atoms with Crippen molar-refractivity contribution >= 4 is 23.7 Å². The van der Waals surface area contributed by atoms with Crippen LogP contribution >= 0.6 is 11.6 Å². The van der Waals surface area contributed by atoms with Crippen molar-refractivity contribution in [1.29, 1.82) is 0 Å². The lowest BCUT2D eigenvalue weighted by molar-refractivity contribution is 0.0954. The number of carbonyl (C=O) groups is 1. The summed E-state index contributed by atoms with van der Waals surface area (Å²) in [6.07, 6.45) is 3.50. The molecule has 178 valence electrons. The Morgan fingerprint density at radius 2 is 1.74 bits per heavy atom. The average molecular weight is 481 g/mol. The number of ether oxygens (including phenoxy) is 3. The number of amides is 1. The van der Waals surface area contributed by atoms with Crippen molar-refractivity contribution in [3.05, 3.63) is 88.4 Å². The van der Waals surface area contributed by atoms with Crippen molar-refractivity contribution in [1.82, 2.24) is 5.43 Å². The first-order chi connectivity index (χ1) is 16.6. The lowest BCUT2D eigenvalue weighted by Gasteiger charge is -2.13. The summed E-state index contributed by atoms with van der Waals surface area (Å²) in [7, 11) is 0. The van der Waals surface area contributed by atoms with Gasteiger partial charge in [0.2, 0.25) is 0 Å². The molecule has 0 aliphatic heterocycles. The Balaban J connectivity index is 1.67. The van der Waals surface area contributed by atoms with Crippen LogP contribution in [0.2, 0.25) is 5.02 Å². The molecule has 3 rings (SSSR count). The molecule has 1 N–H and O–H groups in total. The quantitative estimate of drug-likeness (QED) is 0.189. The first-order valence-electron chi connectivity index (χ1n) is 11.3. The van der Waals surface area contributed by atoms with Gasteiger partial charge in [0, 0.05) is 16.1 Å². The smallest absolute Gasteiger partial charge is 0.271 e. The summed E-state index contributed by atoms with van der Waals surface area (Å²) >= 11 is 6.11. The van der Waals surface area contributed by atoms with Crippen LogP contribution in [-0.2, 0) is 6.61 Å². The number of nitrogens with one attached hydrogen (secondary N) is 1. The van der Waals surface area contributed by atoms with Gasteiger partial charge in [0.25, 0.3) is 5.91 Å². The number of benzene rings is 3. The molecule has 0 fully saturated rings. The molecule has 0 aliphatic rings. The second kappa shape index (κ2) is 13.3. The molecule has 0 saturated carbocycles. The highest BCUT2D eigenvalue weighted by molar-refractivity contribution is 6.30. The first kappa shape index (κ1) is 25.1. The maximum atomic E-state index is 12.7. The van der Waals surface area contributed by atoms with Crippen LogP contribution in [-0.4, -0.2) is 25.3 Å². The number of rotatable bonds is 12. The molecule has 0 aromatic heterocycles. The van der Waals surface area contributed by atoms with Crippen molar-refractivity contribution in [3.63, 3.8) is 0 Å². The van der Waals surface area contributed by atoms with Gasteiger partial charge in [-0.3, -0.25) is 4.79 Å². The lowest BCUT2D eigenvalue weighted by Crippen LogP contribution is -2.18. The van der Waals surface area contributed by atoms with Crippen LogP contribution < -0.4 is 19.6 Å². The van der Waals surface area contributed by atoms with Gasteiger partial charge in [-0.25, -0.2) is 5.43 Å². The Morgan fingerprint density at radius 3 is 2.50 bits per heavy atom. The van der Waals surface area contributed by atoms with E-state index in [0.29, 0.717) is 53.2 Å². The Kier molecular flexibility index (Phi) is 9.80. The Labute approximate surface area is 205 Å². The minimum absolute atomic E-state index is 0.373. The Morgan fingerprint density at radius 1 is 0.941 bits per heavy atom. The highest BCUT2D eigenvalue weighted by Gasteiger charge is 2.12. The van der Waals surface area contributed by atoms with Gasteiger partial charge >= 0.3 is 0 Å². The predicted octanol–water partition coefficient (Wildman–Crippen LogP) is 6.26. The normalized spacial score (nSPS) is 10.8. The van der Waals surface area contributed by atoms with Gasteiger partial charge in [-0.15, -0.1) is 0 Å². The van der Waals surface area contributed by atoms with E-state index >= 15 is 0 Å². The number of nitrogens with zero attached hydrogens (tertiary/aromatic N) is 1. The van der Waals surface area contributed by atoms with E-state index in [1.165, 1.54) is 6.21 Å². The molecule has 0 unspecified atom stereocenters. The fraction of sp³-hybridized carbons (Fsp3) is 0.259. The average Bonchev–Trinajstić information content (AvgIpc) is 2.85. The van der Waals surface area contributed by atoms with E-state index in [1.54, 1.807) is 36.4 Å². The van der Waals surface area contributed by atoms with Crippen molar-refractivity contribution in [3.8, 4) is 17.2 Å². The fourth-order valence-electron chi connectivity index (χ4n) is 3.08. The van der Waals surface area contributed by atoms with E-state index in [0.717, 1.165) is 18.4 Å². The molecule has 34 heavy (non-hydrogen) atoms. The topological polar surface area (TPSA) is 69.2 Å². The van der Waals surface area contributed by atoms with Gasteiger partial charge in [0.05, 0.1) is 19.4 Å². The van der Waals surface area contributed by atoms with E-state index in [-0.39, 0.29) is 5.91 Å². The number of hydrazone groups is 1. The molecule has 0 aliphatic carbocycles. The third-order valence-electron chi connectivity index (χ3n) is 4.84. The third kappa shape index (κ3) is 7.52. The summed E-state index contributed by atoms with van der Waals surface area (Å²) in [5.74, 6) is 1.35. The lowest BCUT2D eigenvalue weighted by atomic mass is 10.2. The largest absolute Gasteiger partial charge is 0.493 e. The molecule has 6 nitrogen and oxygen atoms in total. The highest BCUT2D eigenvalue weighted by atomic mass is 35.5. The number of carbonyl (C=O) groups excluding carboxylic acids is 1. The van der Waals surface area contributed by atoms with Crippen LogP contribution in [0.5, 0.6) is 17.2 Å². The standard InChI is InChI=1S/C27H29ClN2O4/c1-3-5-15-33-24-14-12-23(28)16-22(24)18-29-30-27(31)21-11-13-25(26(17-21)32-4-2)34-19-20-9-7-6-8-10-20/h6-14,16-18H,3-5,15,19H2,1-2H3,(H,30,31)/b29-18+. The minimum Gasteiger partial charge on any atom is -0.493 e. The van der Waals surface area contributed by atoms with Crippen LogP contribution in [0.4, 0.5) is 0 Å². The van der Waals surface area contributed by atoms with Crippen LogP contribution in [0, 0.1) is 0 Å². The molecule has 3 aromatic rings. The second-order valence-electron chi connectivity index (χ2n) is 7.45. The third-order valence-corrected chi connectivity index (χ3v) is 5.08. The molecule has 7 heteroatoms. The molecular weight excluding hydrogens is 452 g/mol. The van der Waals surface area contributed by atoms with Gasteiger partial charge in [0.15, 0.2) is 11.5 Å². The number of hydrogen-bond acceptors (Lipinski definition) is 5. The van der Waals surface area contributed by atoms with Gasteiger partial charge in [-0.1, -0.05) is 55.3 Å². The van der Waals surface area contributed by atoms with Gasteiger partial charge in [-0.05, 0) is 55.3 Å². The summed E-state index contributed by atoms with van der Waals surface area (Å²) in [6, 6.07) is 20.2. The zero-order chi connectivity index (χ0) is 24.2. The zero-order valence-electron chi connectivity index (χ0n) is 19.4. The number of halogens is 1. The van der Waals surface area contributed by atoms with Gasteiger partial charge in [0.1, 0.15) is 12.4 Å². The van der Waals surface area contributed by atoms with E-state index in [9.17, 15) is 4.79 Å². The number of unbranched alkanes of at least 4 members (excludes halogenated alkanes) is 1. The van der Waals surface area contributed by atoms with Gasteiger partial charge < -0.3 is 14.2 Å². The fourth-order valence-corrected chi connectivity index (χ4v) is 3.26. The summed E-state index contributed by atoms with van der Waals surface area (Å²) in [4.78, 5) is 12.7. The Bertz CT molecular complexity index is 1100. The molecule has 3 aromatic carbocycles. The summed E-state index contributed by atoms with van der Waals surface area (Å²) in [5, 5.41) is 4.65. The number of hydrogen-bond donors (Lipinski definition) is 1. The Hall–Kier alpha value is -3.51. The van der Waals surface area contributed by atoms with E-state index in [2.05, 4.69) is 17.5 Å². The van der Waals surface area contributed by atoms with Crippen molar-refractivity contribution in [2.45, 2.75) is 33.3 Å². The maximum absolute atomic E-state index is 12.7. The molecule has 0 spiro atoms. The van der Waals surface area contributed by atoms with E-state index in [1.807, 2.05) is 37.3 Å². The molecule has 0 saturated heterocycles. The van der Waals surface area contributed by atoms with Crippen LogP contribution in [0.1, 0.15) is 48.2 Å². The SMILES string of the molecule is CCCCOc1ccc(Cl)cc1/C=N/NC(=O)c1ccc(OCc2ccccc2)c(OCC)c1. The summed E-state index contributed by atoms with van der Waals surface area (Å²) in [5.41, 5.74) is 4.67. The van der Waals surface area contributed by atoms with E-state index < -0.39 is 0 Å². The maximum Gasteiger partial charge on any atom is 0.271 e. The summed E-state index contributed by atoms with van der Waals surface area (Å²) in [6.45, 7) is 5.43. The molecule has 0 radical (unpaired) electrons. The second-order valence-corrected chi connectivity index (χ2v) is 7.89. The monoisotopic (exact) mass is 480 g/mol. The molecule has 0 heterocycles. The van der Waals surface area contributed by atoms with E-state index in [4.69, 9.17) is 25.8 Å². The molecule has 0 bridgehead atoms. The zero-order valence-corrected chi connectivity index (χ0v) is 20.2. The first-order valence-corrected chi connectivity index (χ1v) is 11.7. The van der Waals surface area contributed by atoms with Crippen LogP contribution in [0.15, 0.2) is 71.8 Å². The van der Waals surface area contributed by atoms with Gasteiger partial charge in [-0.2, -0.15) is 5.10 Å². The van der Waals surface area contributed by atoms with Crippen LogP contribution in [0.3, 0.4) is 0 Å². The van der Waals surface area contributed by atoms with Crippen LogP contribution in [0.25, 0.3) is 0 Å². The highest BCUT2D eigenvalue weighted by Crippen LogP contribution is 2.29. The molecule has 0 atom stereocenters. The van der Waals surface area contributed by atoms with Crippen molar-refractivity contribution in [2.75, 3.05) is 13.2 Å². The molecule has 1 amide bonds. The molecular formula is C27H29ClN2O4. The predicted molar refractivity (Wildman–Crippen MR) is 135 cm³/mol.